The van der Waals surface area contributed by atoms with E-state index in [0.29, 0.717) is 5.41 Å². The molecule has 100 valence electrons. The van der Waals surface area contributed by atoms with Gasteiger partial charge in [0.2, 0.25) is 0 Å². The molecule has 2 heterocycles. The van der Waals surface area contributed by atoms with Crippen LogP contribution in [-0.4, -0.2) is 36.6 Å². The maximum absolute atomic E-state index is 4.53. The Labute approximate surface area is 118 Å². The Hall–Kier alpha value is -0.610. The van der Waals surface area contributed by atoms with Crippen molar-refractivity contribution >= 4 is 21.7 Å². The lowest BCUT2D eigenvalue weighted by Gasteiger charge is -2.38. The Morgan fingerprint density at radius 1 is 1.39 bits per heavy atom. The Morgan fingerprint density at radius 2 is 2.06 bits per heavy atom. The van der Waals surface area contributed by atoms with Gasteiger partial charge < -0.3 is 10.2 Å². The molecule has 0 unspecified atom stereocenters. The minimum atomic E-state index is 0.398. The lowest BCUT2D eigenvalue weighted by atomic mass is 9.80. The zero-order valence-corrected chi connectivity index (χ0v) is 13.0. The van der Waals surface area contributed by atoms with E-state index in [2.05, 4.69) is 51.2 Å². The van der Waals surface area contributed by atoms with Crippen molar-refractivity contribution in [3.8, 4) is 0 Å². The second kappa shape index (κ2) is 5.57. The molecule has 1 aromatic heterocycles. The molecule has 0 aliphatic carbocycles. The van der Waals surface area contributed by atoms with Crippen LogP contribution >= 0.6 is 15.9 Å². The monoisotopic (exact) mass is 311 g/mol. The van der Waals surface area contributed by atoms with Crippen LogP contribution in [0.5, 0.6) is 0 Å². The van der Waals surface area contributed by atoms with Crippen LogP contribution in [-0.2, 0) is 0 Å². The fraction of sp³-hybridized carbons (Fsp3) is 0.643. The normalized spacial score (nSPS) is 19.8. The van der Waals surface area contributed by atoms with Gasteiger partial charge in [-0.25, -0.2) is 4.98 Å². The van der Waals surface area contributed by atoms with Crippen LogP contribution in [0.2, 0.25) is 0 Å². The Bertz CT molecular complexity index is 412. The number of nitrogens with zero attached hydrogens (tertiary/aromatic N) is 2. The van der Waals surface area contributed by atoms with Gasteiger partial charge in [-0.05, 0) is 73.4 Å². The molecule has 4 heteroatoms. The fourth-order valence-corrected chi connectivity index (χ4v) is 2.50. The number of hydrogen-bond acceptors (Lipinski definition) is 3. The molecule has 1 N–H and O–H groups in total. The number of anilines is 1. The standard InChI is InChI=1S/C14H22BrN3/c1-11-12(15)4-5-13(17-11)16-10-14(2)6-8-18(3)9-7-14/h4-5H,6-10H2,1-3H3,(H,16,17). The van der Waals surface area contributed by atoms with Crippen LogP contribution in [0, 0.1) is 12.3 Å². The van der Waals surface area contributed by atoms with Gasteiger partial charge in [0.25, 0.3) is 0 Å². The van der Waals surface area contributed by atoms with Crippen molar-refractivity contribution in [3.63, 3.8) is 0 Å². The molecular weight excluding hydrogens is 290 g/mol. The van der Waals surface area contributed by atoms with Gasteiger partial charge in [-0.2, -0.15) is 0 Å². The molecule has 0 spiro atoms. The first-order valence-corrected chi connectivity index (χ1v) is 7.33. The number of likely N-dealkylation sites (tertiary alicyclic amines) is 1. The quantitative estimate of drug-likeness (QED) is 0.928. The van der Waals surface area contributed by atoms with Crippen molar-refractivity contribution in [1.82, 2.24) is 9.88 Å². The summed E-state index contributed by atoms with van der Waals surface area (Å²) in [5.41, 5.74) is 1.43. The van der Waals surface area contributed by atoms with Gasteiger partial charge in [-0.15, -0.1) is 0 Å². The summed E-state index contributed by atoms with van der Waals surface area (Å²) in [4.78, 5) is 6.94. The van der Waals surface area contributed by atoms with Gasteiger partial charge in [0, 0.05) is 11.0 Å². The number of aromatic nitrogens is 1. The third-order valence-corrected chi connectivity index (χ3v) is 4.75. The molecule has 1 fully saturated rings. The molecule has 0 radical (unpaired) electrons. The molecule has 3 nitrogen and oxygen atoms in total. The summed E-state index contributed by atoms with van der Waals surface area (Å²) in [6, 6.07) is 4.09. The number of rotatable bonds is 3. The van der Waals surface area contributed by atoms with Crippen LogP contribution in [0.3, 0.4) is 0 Å². The molecule has 1 aliphatic rings. The molecule has 0 bridgehead atoms. The van der Waals surface area contributed by atoms with E-state index >= 15 is 0 Å². The highest BCUT2D eigenvalue weighted by atomic mass is 79.9. The number of halogens is 1. The van der Waals surface area contributed by atoms with Crippen molar-refractivity contribution in [2.24, 2.45) is 5.41 Å². The zero-order valence-electron chi connectivity index (χ0n) is 11.5. The Balaban J connectivity index is 1.92. The number of aryl methyl sites for hydroxylation is 1. The van der Waals surface area contributed by atoms with E-state index in [1.807, 2.05) is 13.0 Å². The van der Waals surface area contributed by atoms with Crippen molar-refractivity contribution < 1.29 is 0 Å². The van der Waals surface area contributed by atoms with Crippen molar-refractivity contribution in [2.75, 3.05) is 32.0 Å². The molecule has 1 aromatic rings. The van der Waals surface area contributed by atoms with Crippen LogP contribution in [0.25, 0.3) is 0 Å². The molecule has 18 heavy (non-hydrogen) atoms. The highest BCUT2D eigenvalue weighted by molar-refractivity contribution is 9.10. The summed E-state index contributed by atoms with van der Waals surface area (Å²) in [6.45, 7) is 7.80. The first-order chi connectivity index (χ1) is 8.48. The second-order valence-corrected chi connectivity index (χ2v) is 6.59. The molecular formula is C14H22BrN3. The fourth-order valence-electron chi connectivity index (χ4n) is 2.28. The number of piperidine rings is 1. The molecule has 2 rings (SSSR count). The summed E-state index contributed by atoms with van der Waals surface area (Å²) in [7, 11) is 2.20. The van der Waals surface area contributed by atoms with Crippen molar-refractivity contribution in [2.45, 2.75) is 26.7 Å². The van der Waals surface area contributed by atoms with Gasteiger partial charge in [0.1, 0.15) is 5.82 Å². The maximum atomic E-state index is 4.53. The molecule has 1 saturated heterocycles. The highest BCUT2D eigenvalue weighted by Gasteiger charge is 2.28. The predicted molar refractivity (Wildman–Crippen MR) is 80.0 cm³/mol. The smallest absolute Gasteiger partial charge is 0.126 e. The Kier molecular flexibility index (Phi) is 4.28. The van der Waals surface area contributed by atoms with Gasteiger partial charge in [0.05, 0.1) is 5.69 Å². The lowest BCUT2D eigenvalue weighted by molar-refractivity contribution is 0.150. The molecule has 0 amide bonds. The zero-order chi connectivity index (χ0) is 13.2. The number of pyridine rings is 1. The van der Waals surface area contributed by atoms with Gasteiger partial charge in [-0.3, -0.25) is 0 Å². The third kappa shape index (κ3) is 3.45. The van der Waals surface area contributed by atoms with E-state index in [9.17, 15) is 0 Å². The van der Waals surface area contributed by atoms with E-state index in [0.717, 1.165) is 22.5 Å². The number of nitrogens with one attached hydrogen (secondary N) is 1. The third-order valence-electron chi connectivity index (χ3n) is 3.91. The van der Waals surface area contributed by atoms with E-state index in [1.165, 1.54) is 25.9 Å². The van der Waals surface area contributed by atoms with Crippen LogP contribution in [0.1, 0.15) is 25.5 Å². The van der Waals surface area contributed by atoms with Crippen LogP contribution in [0.15, 0.2) is 16.6 Å². The van der Waals surface area contributed by atoms with Gasteiger partial charge in [-0.1, -0.05) is 6.92 Å². The number of hydrogen-bond donors (Lipinski definition) is 1. The Morgan fingerprint density at radius 3 is 2.67 bits per heavy atom. The highest BCUT2D eigenvalue weighted by Crippen LogP contribution is 2.30. The average molecular weight is 312 g/mol. The molecule has 1 aliphatic heterocycles. The molecule has 0 saturated carbocycles. The minimum Gasteiger partial charge on any atom is -0.370 e. The minimum absolute atomic E-state index is 0.398. The summed E-state index contributed by atoms with van der Waals surface area (Å²) >= 11 is 3.48. The van der Waals surface area contributed by atoms with E-state index in [1.54, 1.807) is 0 Å². The van der Waals surface area contributed by atoms with Gasteiger partial charge in [0.15, 0.2) is 0 Å². The van der Waals surface area contributed by atoms with E-state index in [-0.39, 0.29) is 0 Å². The topological polar surface area (TPSA) is 28.2 Å². The first kappa shape index (κ1) is 13.8. The summed E-state index contributed by atoms with van der Waals surface area (Å²) in [5.74, 6) is 0.982. The molecule has 0 atom stereocenters. The van der Waals surface area contributed by atoms with Gasteiger partial charge >= 0.3 is 0 Å². The average Bonchev–Trinajstić information content (AvgIpc) is 2.35. The lowest BCUT2D eigenvalue weighted by Crippen LogP contribution is -2.40. The predicted octanol–water partition coefficient (Wildman–Crippen LogP) is 3.30. The summed E-state index contributed by atoms with van der Waals surface area (Å²) in [6.07, 6.45) is 2.51. The van der Waals surface area contributed by atoms with Crippen LogP contribution in [0.4, 0.5) is 5.82 Å². The van der Waals surface area contributed by atoms with E-state index in [4.69, 9.17) is 0 Å². The van der Waals surface area contributed by atoms with Crippen LogP contribution < -0.4 is 5.32 Å². The SMILES string of the molecule is Cc1nc(NCC2(C)CCN(C)CC2)ccc1Br. The summed E-state index contributed by atoms with van der Waals surface area (Å²) in [5, 5.41) is 3.49. The largest absolute Gasteiger partial charge is 0.370 e. The maximum Gasteiger partial charge on any atom is 0.126 e. The van der Waals surface area contributed by atoms with Crippen molar-refractivity contribution in [3.05, 3.63) is 22.3 Å². The second-order valence-electron chi connectivity index (χ2n) is 5.73. The van der Waals surface area contributed by atoms with E-state index < -0.39 is 0 Å². The van der Waals surface area contributed by atoms with Crippen molar-refractivity contribution in [1.29, 1.82) is 0 Å². The summed E-state index contributed by atoms with van der Waals surface area (Å²) < 4.78 is 1.07. The molecule has 0 aromatic carbocycles. The first-order valence-electron chi connectivity index (χ1n) is 6.54.